The summed E-state index contributed by atoms with van der Waals surface area (Å²) in [6.45, 7) is 4.52. The van der Waals surface area contributed by atoms with Gasteiger partial charge in [-0.05, 0) is 83.5 Å². The SMILES string of the molecule is CC/C=C\C/C=C\C/C=C\C/C=C\CCCCCCC(=O)OC(COC(=O)CCCCCCCCCCCCCCCCCCCCC)COP(=O)(O)OCC(CO)OC(=O)CCCCCCC/C=C\CCCCCC. The molecule has 0 bridgehead atoms. The first-order valence-electron chi connectivity index (χ1n) is 31.2. The van der Waals surface area contributed by atoms with Gasteiger partial charge in [-0.15, -0.1) is 0 Å². The van der Waals surface area contributed by atoms with Crippen molar-refractivity contribution in [1.82, 2.24) is 0 Å². The van der Waals surface area contributed by atoms with Gasteiger partial charge in [0.2, 0.25) is 0 Å². The van der Waals surface area contributed by atoms with Crippen LogP contribution in [0.4, 0.5) is 0 Å². The molecule has 3 atom stereocenters. The van der Waals surface area contributed by atoms with Crippen LogP contribution < -0.4 is 0 Å². The lowest BCUT2D eigenvalue weighted by Gasteiger charge is -2.21. The number of aliphatic hydroxyl groups is 1. The van der Waals surface area contributed by atoms with Gasteiger partial charge >= 0.3 is 25.7 Å². The molecule has 0 saturated heterocycles. The Morgan fingerprint density at radius 3 is 1.08 bits per heavy atom. The fraction of sp³-hybridized carbons (Fsp3) is 0.797. The molecule has 0 fully saturated rings. The van der Waals surface area contributed by atoms with Crippen LogP contribution in [0.15, 0.2) is 60.8 Å². The Morgan fingerprint density at radius 2 is 0.684 bits per heavy atom. The van der Waals surface area contributed by atoms with Crippen molar-refractivity contribution in [3.05, 3.63) is 60.8 Å². The van der Waals surface area contributed by atoms with Crippen LogP contribution in [0.5, 0.6) is 0 Å². The Kier molecular flexibility index (Phi) is 56.2. The molecule has 0 aromatic carbocycles. The highest BCUT2D eigenvalue weighted by atomic mass is 31.2. The number of allylic oxidation sites excluding steroid dienone is 10. The second kappa shape index (κ2) is 58.3. The van der Waals surface area contributed by atoms with Gasteiger partial charge in [0.25, 0.3) is 0 Å². The maximum Gasteiger partial charge on any atom is 0.472 e. The zero-order valence-corrected chi connectivity index (χ0v) is 49.9. The fourth-order valence-corrected chi connectivity index (χ4v) is 9.48. The summed E-state index contributed by atoms with van der Waals surface area (Å²) in [5.74, 6) is -1.49. The number of unbranched alkanes of at least 4 members (excludes halogenated alkanes) is 31. The average molecular weight is 1090 g/mol. The molecule has 0 aliphatic rings. The minimum absolute atomic E-state index is 0.140. The maximum absolute atomic E-state index is 12.9. The number of hydrogen-bond donors (Lipinski definition) is 2. The normalized spacial score (nSPS) is 13.7. The monoisotopic (exact) mass is 1090 g/mol. The maximum atomic E-state index is 12.9. The standard InChI is InChI=1S/C64H115O11P/c1-4-7-10-13-16-19-22-25-27-29-30-32-33-36-38-41-44-47-50-53-62(66)71-57-61(75-64(68)55-52-49-46-43-40-37-34-31-28-26-23-20-17-14-11-8-5-2)59-73-76(69,70)72-58-60(56-65)74-63(67)54-51-48-45-42-39-35-24-21-18-15-12-9-6-3/h8,11,17,20-21,24,26,28,34,37,60-61,65H,4-7,9-10,12-16,18-19,22-23,25,27,29-33,35-36,38-59H2,1-3H3,(H,69,70)/b11-8-,20-17-,24-21-,28-26-,37-34-. The Labute approximate surface area is 465 Å². The molecule has 76 heavy (non-hydrogen) atoms. The second-order valence-electron chi connectivity index (χ2n) is 20.8. The Bertz CT molecular complexity index is 1510. The number of hydrogen-bond acceptors (Lipinski definition) is 10. The van der Waals surface area contributed by atoms with Gasteiger partial charge in [0, 0.05) is 19.3 Å². The number of ether oxygens (including phenoxy) is 3. The number of carbonyl (C=O) groups excluding carboxylic acids is 3. The summed E-state index contributed by atoms with van der Waals surface area (Å²) < 4.78 is 39.6. The third-order valence-electron chi connectivity index (χ3n) is 13.4. The molecule has 0 rings (SSSR count). The summed E-state index contributed by atoms with van der Waals surface area (Å²) in [5.41, 5.74) is 0. The van der Waals surface area contributed by atoms with Crippen molar-refractivity contribution < 1.29 is 52.2 Å². The average Bonchev–Trinajstić information content (AvgIpc) is 3.41. The lowest BCUT2D eigenvalue weighted by Crippen LogP contribution is -2.30. The van der Waals surface area contributed by atoms with Crippen molar-refractivity contribution in [2.24, 2.45) is 0 Å². The molecule has 11 nitrogen and oxygen atoms in total. The second-order valence-corrected chi connectivity index (χ2v) is 22.3. The van der Waals surface area contributed by atoms with Gasteiger partial charge < -0.3 is 24.2 Å². The summed E-state index contributed by atoms with van der Waals surface area (Å²) in [6.07, 6.45) is 64.6. The van der Waals surface area contributed by atoms with Crippen LogP contribution >= 0.6 is 7.82 Å². The highest BCUT2D eigenvalue weighted by Gasteiger charge is 2.28. The molecule has 2 N–H and O–H groups in total. The Hall–Kier alpha value is -2.82. The van der Waals surface area contributed by atoms with Crippen molar-refractivity contribution in [2.45, 2.75) is 303 Å². The van der Waals surface area contributed by atoms with Crippen molar-refractivity contribution in [1.29, 1.82) is 0 Å². The number of carbonyl (C=O) groups is 3. The summed E-state index contributed by atoms with van der Waals surface area (Å²) >= 11 is 0. The topological polar surface area (TPSA) is 155 Å². The molecule has 0 radical (unpaired) electrons. The van der Waals surface area contributed by atoms with Crippen molar-refractivity contribution in [3.8, 4) is 0 Å². The molecule has 0 saturated carbocycles. The first kappa shape index (κ1) is 73.2. The Balaban J connectivity index is 4.72. The molecule has 442 valence electrons. The van der Waals surface area contributed by atoms with Crippen LogP contribution in [0.25, 0.3) is 0 Å². The quantitative estimate of drug-likeness (QED) is 0.0197. The van der Waals surface area contributed by atoms with E-state index in [1.165, 1.54) is 122 Å². The van der Waals surface area contributed by atoms with Crippen LogP contribution in [0.3, 0.4) is 0 Å². The van der Waals surface area contributed by atoms with Gasteiger partial charge in [0.05, 0.1) is 19.8 Å². The molecule has 0 aromatic heterocycles. The molecular weight excluding hydrogens is 976 g/mol. The molecule has 0 amide bonds. The smallest absolute Gasteiger partial charge is 0.462 e. The minimum Gasteiger partial charge on any atom is -0.462 e. The van der Waals surface area contributed by atoms with E-state index in [9.17, 15) is 28.9 Å². The van der Waals surface area contributed by atoms with E-state index in [4.69, 9.17) is 23.3 Å². The number of rotatable bonds is 58. The van der Waals surface area contributed by atoms with Gasteiger partial charge in [-0.25, -0.2) is 4.57 Å². The highest BCUT2D eigenvalue weighted by molar-refractivity contribution is 7.47. The number of esters is 3. The van der Waals surface area contributed by atoms with Crippen LogP contribution in [0.1, 0.15) is 290 Å². The molecular formula is C64H115O11P. The summed E-state index contributed by atoms with van der Waals surface area (Å²) in [7, 11) is -4.76. The molecule has 12 heteroatoms. The summed E-state index contributed by atoms with van der Waals surface area (Å²) in [4.78, 5) is 48.7. The van der Waals surface area contributed by atoms with E-state index in [1.54, 1.807) is 0 Å². The van der Waals surface area contributed by atoms with Crippen LogP contribution in [0, 0.1) is 0 Å². The van der Waals surface area contributed by atoms with E-state index in [2.05, 4.69) is 81.5 Å². The number of phosphoric acid groups is 1. The molecule has 0 aromatic rings. The van der Waals surface area contributed by atoms with Crippen molar-refractivity contribution in [3.63, 3.8) is 0 Å². The minimum atomic E-state index is -4.76. The van der Waals surface area contributed by atoms with E-state index in [0.717, 1.165) is 109 Å². The zero-order chi connectivity index (χ0) is 55.5. The molecule has 0 aliphatic carbocycles. The zero-order valence-electron chi connectivity index (χ0n) is 49.0. The Morgan fingerprint density at radius 1 is 0.382 bits per heavy atom. The van der Waals surface area contributed by atoms with E-state index in [1.807, 2.05) is 0 Å². The molecule has 3 unspecified atom stereocenters. The van der Waals surface area contributed by atoms with Crippen molar-refractivity contribution in [2.75, 3.05) is 26.4 Å². The predicted molar refractivity (Wildman–Crippen MR) is 316 cm³/mol. The molecule has 0 aliphatic heterocycles. The van der Waals surface area contributed by atoms with Gasteiger partial charge in [-0.2, -0.15) is 0 Å². The van der Waals surface area contributed by atoms with E-state index in [-0.39, 0.29) is 25.9 Å². The summed E-state index contributed by atoms with van der Waals surface area (Å²) in [6, 6.07) is 0. The number of aliphatic hydroxyl groups excluding tert-OH is 1. The largest absolute Gasteiger partial charge is 0.472 e. The lowest BCUT2D eigenvalue weighted by atomic mass is 10.0. The van der Waals surface area contributed by atoms with Crippen molar-refractivity contribution >= 4 is 25.7 Å². The predicted octanol–water partition coefficient (Wildman–Crippen LogP) is 18.7. The van der Waals surface area contributed by atoms with Crippen LogP contribution in [-0.4, -0.2) is 66.5 Å². The highest BCUT2D eigenvalue weighted by Crippen LogP contribution is 2.43. The fourth-order valence-electron chi connectivity index (χ4n) is 8.70. The third kappa shape index (κ3) is 55.9. The van der Waals surface area contributed by atoms with Gasteiger partial charge in [0.1, 0.15) is 12.7 Å². The van der Waals surface area contributed by atoms with Crippen LogP contribution in [0.2, 0.25) is 0 Å². The van der Waals surface area contributed by atoms with Gasteiger partial charge in [-0.1, -0.05) is 248 Å². The van der Waals surface area contributed by atoms with E-state index >= 15 is 0 Å². The molecule has 0 heterocycles. The van der Waals surface area contributed by atoms with Gasteiger partial charge in [0.15, 0.2) is 6.10 Å². The molecule has 0 spiro atoms. The lowest BCUT2D eigenvalue weighted by molar-refractivity contribution is -0.161. The van der Waals surface area contributed by atoms with Gasteiger partial charge in [-0.3, -0.25) is 23.4 Å². The number of phosphoric ester groups is 1. The van der Waals surface area contributed by atoms with E-state index in [0.29, 0.717) is 19.3 Å². The van der Waals surface area contributed by atoms with E-state index < -0.39 is 57.8 Å². The first-order valence-corrected chi connectivity index (χ1v) is 32.7. The summed E-state index contributed by atoms with van der Waals surface area (Å²) in [5, 5.41) is 9.82. The first-order chi connectivity index (χ1) is 37.2. The third-order valence-corrected chi connectivity index (χ3v) is 14.4. The van der Waals surface area contributed by atoms with Crippen LogP contribution in [-0.2, 0) is 42.2 Å².